The summed E-state index contributed by atoms with van der Waals surface area (Å²) >= 11 is 0. The van der Waals surface area contributed by atoms with Crippen LogP contribution in [0.25, 0.3) is 0 Å². The van der Waals surface area contributed by atoms with Crippen LogP contribution in [0, 0.1) is 13.8 Å². The molecule has 3 heterocycles. The minimum Gasteiger partial charge on any atom is -0.342 e. The van der Waals surface area contributed by atoms with Gasteiger partial charge in [-0.2, -0.15) is 10.2 Å². The van der Waals surface area contributed by atoms with Crippen molar-refractivity contribution in [3.8, 4) is 0 Å². The number of amides is 1. The normalized spacial score (nSPS) is 16.1. The Kier molecular flexibility index (Phi) is 4.24. The van der Waals surface area contributed by atoms with E-state index in [-0.39, 0.29) is 5.91 Å². The minimum absolute atomic E-state index is 0.217. The van der Waals surface area contributed by atoms with Gasteiger partial charge in [-0.3, -0.25) is 14.2 Å². The van der Waals surface area contributed by atoms with E-state index in [4.69, 9.17) is 0 Å². The summed E-state index contributed by atoms with van der Waals surface area (Å²) in [7, 11) is 3.87. The van der Waals surface area contributed by atoms with Crippen LogP contribution in [0.3, 0.4) is 0 Å². The molecule has 1 aliphatic heterocycles. The van der Waals surface area contributed by atoms with E-state index < -0.39 is 0 Å². The van der Waals surface area contributed by atoms with Crippen molar-refractivity contribution < 1.29 is 4.79 Å². The fourth-order valence-electron chi connectivity index (χ4n) is 3.45. The maximum atomic E-state index is 12.6. The van der Waals surface area contributed by atoms with Crippen molar-refractivity contribution in [2.75, 3.05) is 13.1 Å². The van der Waals surface area contributed by atoms with Crippen molar-refractivity contribution in [2.24, 2.45) is 14.1 Å². The van der Waals surface area contributed by atoms with Crippen LogP contribution in [0.2, 0.25) is 0 Å². The molecule has 23 heavy (non-hydrogen) atoms. The highest BCUT2D eigenvalue weighted by Crippen LogP contribution is 2.28. The average Bonchev–Trinajstić information content (AvgIpc) is 3.06. The number of aromatic nitrogens is 4. The van der Waals surface area contributed by atoms with Gasteiger partial charge < -0.3 is 4.90 Å². The van der Waals surface area contributed by atoms with Crippen LogP contribution in [0.1, 0.15) is 41.3 Å². The van der Waals surface area contributed by atoms with Crippen LogP contribution in [0.4, 0.5) is 0 Å². The first-order valence-electron chi connectivity index (χ1n) is 8.21. The van der Waals surface area contributed by atoms with Gasteiger partial charge in [0.15, 0.2) is 0 Å². The third-order valence-corrected chi connectivity index (χ3v) is 5.03. The Morgan fingerprint density at radius 1 is 1.26 bits per heavy atom. The number of piperidine rings is 1. The summed E-state index contributed by atoms with van der Waals surface area (Å²) in [6, 6.07) is 0. The third kappa shape index (κ3) is 3.16. The van der Waals surface area contributed by atoms with Gasteiger partial charge in [0.2, 0.25) is 5.91 Å². The summed E-state index contributed by atoms with van der Waals surface area (Å²) in [6.07, 6.45) is 6.53. The first kappa shape index (κ1) is 15.8. The number of nitrogens with zero attached hydrogens (tertiary/aromatic N) is 5. The van der Waals surface area contributed by atoms with Crippen LogP contribution in [0.5, 0.6) is 0 Å². The summed E-state index contributed by atoms with van der Waals surface area (Å²) < 4.78 is 3.70. The van der Waals surface area contributed by atoms with Gasteiger partial charge in [-0.25, -0.2) is 0 Å². The second-order valence-corrected chi connectivity index (χ2v) is 6.55. The van der Waals surface area contributed by atoms with E-state index in [1.54, 1.807) is 0 Å². The Labute approximate surface area is 137 Å². The quantitative estimate of drug-likeness (QED) is 0.866. The molecule has 0 N–H and O–H groups in total. The first-order valence-corrected chi connectivity index (χ1v) is 8.21. The molecule has 124 valence electrons. The zero-order valence-electron chi connectivity index (χ0n) is 14.4. The molecule has 6 nitrogen and oxygen atoms in total. The lowest BCUT2D eigenvalue weighted by Gasteiger charge is -2.31. The van der Waals surface area contributed by atoms with Gasteiger partial charge >= 0.3 is 0 Å². The molecular formula is C17H25N5O. The van der Waals surface area contributed by atoms with Crippen LogP contribution < -0.4 is 0 Å². The van der Waals surface area contributed by atoms with Crippen LogP contribution in [-0.4, -0.2) is 43.5 Å². The van der Waals surface area contributed by atoms with E-state index >= 15 is 0 Å². The molecule has 1 fully saturated rings. The molecule has 0 atom stereocenters. The molecule has 0 aromatic carbocycles. The Hall–Kier alpha value is -2.11. The maximum absolute atomic E-state index is 12.6. The highest BCUT2D eigenvalue weighted by molar-refractivity contribution is 5.79. The zero-order valence-corrected chi connectivity index (χ0v) is 14.4. The molecule has 6 heteroatoms. The molecule has 1 aliphatic rings. The van der Waals surface area contributed by atoms with Crippen LogP contribution in [0.15, 0.2) is 12.4 Å². The molecular weight excluding hydrogens is 290 g/mol. The van der Waals surface area contributed by atoms with Gasteiger partial charge in [0, 0.05) is 44.6 Å². The highest BCUT2D eigenvalue weighted by Gasteiger charge is 2.25. The van der Waals surface area contributed by atoms with Crippen molar-refractivity contribution in [2.45, 2.75) is 39.0 Å². The highest BCUT2D eigenvalue weighted by atomic mass is 16.2. The summed E-state index contributed by atoms with van der Waals surface area (Å²) in [5.41, 5.74) is 4.41. The van der Waals surface area contributed by atoms with Gasteiger partial charge in [-0.1, -0.05) is 0 Å². The Bertz CT molecular complexity index is 707. The predicted octanol–water partition coefficient (Wildman–Crippen LogP) is 1.72. The lowest BCUT2D eigenvalue weighted by molar-refractivity contribution is -0.131. The van der Waals surface area contributed by atoms with Crippen molar-refractivity contribution in [1.29, 1.82) is 0 Å². The van der Waals surface area contributed by atoms with Gasteiger partial charge in [-0.05, 0) is 38.2 Å². The second-order valence-electron chi connectivity index (χ2n) is 6.55. The van der Waals surface area contributed by atoms with Crippen LogP contribution in [-0.2, 0) is 25.3 Å². The second kappa shape index (κ2) is 6.18. The number of carbonyl (C=O) groups is 1. The molecule has 0 saturated carbocycles. The monoisotopic (exact) mass is 315 g/mol. The molecule has 0 spiro atoms. The Morgan fingerprint density at radius 2 is 1.96 bits per heavy atom. The largest absolute Gasteiger partial charge is 0.342 e. The van der Waals surface area contributed by atoms with E-state index in [2.05, 4.69) is 16.4 Å². The summed E-state index contributed by atoms with van der Waals surface area (Å²) in [5, 5.41) is 8.65. The fourth-order valence-corrected chi connectivity index (χ4v) is 3.45. The first-order chi connectivity index (χ1) is 11.0. The Balaban J connectivity index is 1.60. The standard InChI is InChI=1S/C17H25N5O/c1-12-16(13(2)21(4)19-12)9-17(23)22-7-5-14(6-8-22)15-10-18-20(3)11-15/h10-11,14H,5-9H2,1-4H3. The number of aryl methyl sites for hydroxylation is 3. The van der Waals surface area contributed by atoms with Gasteiger partial charge in [0.05, 0.1) is 18.3 Å². The van der Waals surface area contributed by atoms with Crippen molar-refractivity contribution in [1.82, 2.24) is 24.5 Å². The number of rotatable bonds is 3. The maximum Gasteiger partial charge on any atom is 0.227 e. The molecule has 2 aromatic heterocycles. The molecule has 0 aliphatic carbocycles. The summed E-state index contributed by atoms with van der Waals surface area (Å²) in [6.45, 7) is 5.66. The van der Waals surface area contributed by atoms with Gasteiger partial charge in [0.25, 0.3) is 0 Å². The minimum atomic E-state index is 0.217. The molecule has 0 unspecified atom stereocenters. The van der Waals surface area contributed by atoms with E-state index in [1.165, 1.54) is 5.56 Å². The molecule has 3 rings (SSSR count). The van der Waals surface area contributed by atoms with E-state index in [0.717, 1.165) is 42.9 Å². The predicted molar refractivity (Wildman–Crippen MR) is 88.1 cm³/mol. The molecule has 1 saturated heterocycles. The van der Waals surface area contributed by atoms with Gasteiger partial charge in [-0.15, -0.1) is 0 Å². The van der Waals surface area contributed by atoms with E-state index in [9.17, 15) is 4.79 Å². The summed E-state index contributed by atoms with van der Waals surface area (Å²) in [4.78, 5) is 14.6. The molecule has 1 amide bonds. The lowest BCUT2D eigenvalue weighted by atomic mass is 9.91. The molecule has 0 bridgehead atoms. The van der Waals surface area contributed by atoms with E-state index in [1.807, 2.05) is 48.4 Å². The molecule has 0 radical (unpaired) electrons. The smallest absolute Gasteiger partial charge is 0.227 e. The average molecular weight is 315 g/mol. The fraction of sp³-hybridized carbons (Fsp3) is 0.588. The Morgan fingerprint density at radius 3 is 2.48 bits per heavy atom. The number of hydrogen-bond donors (Lipinski definition) is 0. The van der Waals surface area contributed by atoms with Crippen LogP contribution >= 0.6 is 0 Å². The van der Waals surface area contributed by atoms with Gasteiger partial charge in [0.1, 0.15) is 0 Å². The van der Waals surface area contributed by atoms with Crippen molar-refractivity contribution in [3.05, 3.63) is 34.9 Å². The van der Waals surface area contributed by atoms with Crippen molar-refractivity contribution >= 4 is 5.91 Å². The van der Waals surface area contributed by atoms with Crippen molar-refractivity contribution in [3.63, 3.8) is 0 Å². The summed E-state index contributed by atoms with van der Waals surface area (Å²) in [5.74, 6) is 0.739. The third-order valence-electron chi connectivity index (χ3n) is 5.03. The lowest BCUT2D eigenvalue weighted by Crippen LogP contribution is -2.38. The topological polar surface area (TPSA) is 56.0 Å². The zero-order chi connectivity index (χ0) is 16.6. The number of carbonyl (C=O) groups excluding carboxylic acids is 1. The number of hydrogen-bond acceptors (Lipinski definition) is 3. The van der Waals surface area contributed by atoms with E-state index in [0.29, 0.717) is 12.3 Å². The molecule has 2 aromatic rings. The SMILES string of the molecule is Cc1nn(C)c(C)c1CC(=O)N1CCC(c2cnn(C)c2)CC1. The number of likely N-dealkylation sites (tertiary alicyclic amines) is 1.